The van der Waals surface area contributed by atoms with Crippen molar-refractivity contribution in [2.24, 2.45) is 11.7 Å². The van der Waals surface area contributed by atoms with Crippen LogP contribution in [0, 0.1) is 5.92 Å². The molecular weight excluding hydrogens is 290 g/mol. The first-order valence-corrected chi connectivity index (χ1v) is 8.41. The van der Waals surface area contributed by atoms with Crippen LogP contribution in [-0.2, 0) is 21.4 Å². The van der Waals surface area contributed by atoms with Gasteiger partial charge in [0.2, 0.25) is 15.9 Å². The monoisotopic (exact) mass is 311 g/mol. The third-order valence-electron chi connectivity index (χ3n) is 3.68. The lowest BCUT2D eigenvalue weighted by atomic mass is 10.1. The van der Waals surface area contributed by atoms with Crippen molar-refractivity contribution in [3.63, 3.8) is 0 Å². The second-order valence-electron chi connectivity index (χ2n) is 5.31. The fraction of sp³-hybridized carbons (Fsp3) is 0.500. The average Bonchev–Trinajstić information content (AvgIpc) is 2.95. The van der Waals surface area contributed by atoms with Gasteiger partial charge in [-0.1, -0.05) is 12.1 Å². The van der Waals surface area contributed by atoms with Crippen LogP contribution in [0.25, 0.3) is 0 Å². The fourth-order valence-corrected chi connectivity index (χ4v) is 3.89. The lowest BCUT2D eigenvalue weighted by Gasteiger charge is -2.16. The fourth-order valence-electron chi connectivity index (χ4n) is 2.36. The van der Waals surface area contributed by atoms with Crippen LogP contribution in [0.2, 0.25) is 0 Å². The number of nitrogens with one attached hydrogen (secondary N) is 1. The number of hydrogen-bond donors (Lipinski definition) is 2. The van der Waals surface area contributed by atoms with E-state index < -0.39 is 10.0 Å². The standard InChI is InChI=1S/C14H21N3O3S/c1-11(18)16-9-12-2-4-14(5-3-12)21(19,20)17-7-6-13(8-15)10-17/h2-5,13H,6-10,15H2,1H3,(H,16,18). The Hall–Kier alpha value is -1.44. The highest BCUT2D eigenvalue weighted by Gasteiger charge is 2.31. The molecule has 0 saturated carbocycles. The van der Waals surface area contributed by atoms with Crippen molar-refractivity contribution >= 4 is 15.9 Å². The van der Waals surface area contributed by atoms with Crippen LogP contribution >= 0.6 is 0 Å². The van der Waals surface area contributed by atoms with E-state index >= 15 is 0 Å². The molecule has 1 aliphatic heterocycles. The number of hydrogen-bond acceptors (Lipinski definition) is 4. The molecule has 1 saturated heterocycles. The zero-order valence-electron chi connectivity index (χ0n) is 12.1. The molecule has 3 N–H and O–H groups in total. The molecule has 0 radical (unpaired) electrons. The van der Waals surface area contributed by atoms with Gasteiger partial charge in [-0.05, 0) is 36.6 Å². The second kappa shape index (κ2) is 6.55. The smallest absolute Gasteiger partial charge is 0.243 e. The largest absolute Gasteiger partial charge is 0.352 e. The van der Waals surface area contributed by atoms with Crippen molar-refractivity contribution in [1.29, 1.82) is 0 Å². The Balaban J connectivity index is 2.08. The number of rotatable bonds is 5. The summed E-state index contributed by atoms with van der Waals surface area (Å²) in [5.74, 6) is 0.135. The quantitative estimate of drug-likeness (QED) is 0.817. The van der Waals surface area contributed by atoms with Gasteiger partial charge in [0, 0.05) is 26.6 Å². The molecule has 1 aromatic carbocycles. The van der Waals surface area contributed by atoms with Crippen molar-refractivity contribution < 1.29 is 13.2 Å². The molecule has 1 fully saturated rings. The van der Waals surface area contributed by atoms with Crippen LogP contribution in [0.3, 0.4) is 0 Å². The van der Waals surface area contributed by atoms with Gasteiger partial charge in [0.1, 0.15) is 0 Å². The maximum Gasteiger partial charge on any atom is 0.243 e. The van der Waals surface area contributed by atoms with Gasteiger partial charge in [0.15, 0.2) is 0 Å². The van der Waals surface area contributed by atoms with E-state index in [2.05, 4.69) is 5.32 Å². The molecule has 6 nitrogen and oxygen atoms in total. The molecule has 0 aromatic heterocycles. The van der Waals surface area contributed by atoms with Crippen LogP contribution in [0.1, 0.15) is 18.9 Å². The van der Waals surface area contributed by atoms with Crippen LogP contribution in [0.4, 0.5) is 0 Å². The van der Waals surface area contributed by atoms with E-state index in [1.165, 1.54) is 11.2 Å². The highest BCUT2D eigenvalue weighted by atomic mass is 32.2. The number of nitrogens with two attached hydrogens (primary N) is 1. The molecule has 1 amide bonds. The topological polar surface area (TPSA) is 92.5 Å². The normalized spacial score (nSPS) is 19.6. The highest BCUT2D eigenvalue weighted by molar-refractivity contribution is 7.89. The number of amides is 1. The molecule has 7 heteroatoms. The van der Waals surface area contributed by atoms with Crippen molar-refractivity contribution in [1.82, 2.24) is 9.62 Å². The molecule has 1 aliphatic rings. The Kier molecular flexibility index (Phi) is 4.97. The molecule has 1 unspecified atom stereocenters. The highest BCUT2D eigenvalue weighted by Crippen LogP contribution is 2.23. The van der Waals surface area contributed by atoms with Crippen molar-refractivity contribution in [2.45, 2.75) is 24.8 Å². The number of benzene rings is 1. The zero-order chi connectivity index (χ0) is 15.5. The molecule has 1 aromatic rings. The minimum Gasteiger partial charge on any atom is -0.352 e. The summed E-state index contributed by atoms with van der Waals surface area (Å²) < 4.78 is 26.5. The van der Waals surface area contributed by atoms with E-state index in [9.17, 15) is 13.2 Å². The minimum absolute atomic E-state index is 0.114. The second-order valence-corrected chi connectivity index (χ2v) is 7.25. The Labute approximate surface area is 125 Å². The first kappa shape index (κ1) is 15.9. The van der Waals surface area contributed by atoms with Crippen LogP contribution in [-0.4, -0.2) is 38.3 Å². The van der Waals surface area contributed by atoms with Gasteiger partial charge in [0.25, 0.3) is 0 Å². The van der Waals surface area contributed by atoms with Crippen molar-refractivity contribution in [2.75, 3.05) is 19.6 Å². The summed E-state index contributed by atoms with van der Waals surface area (Å²) in [7, 11) is -3.44. The summed E-state index contributed by atoms with van der Waals surface area (Å²) in [6.07, 6.45) is 0.816. The van der Waals surface area contributed by atoms with E-state index in [0.29, 0.717) is 26.2 Å². The predicted molar refractivity (Wildman–Crippen MR) is 79.9 cm³/mol. The van der Waals surface area contributed by atoms with Gasteiger partial charge >= 0.3 is 0 Å². The molecular formula is C14H21N3O3S. The Morgan fingerprint density at radius 1 is 1.38 bits per heavy atom. The lowest BCUT2D eigenvalue weighted by molar-refractivity contribution is -0.119. The lowest BCUT2D eigenvalue weighted by Crippen LogP contribution is -2.30. The van der Waals surface area contributed by atoms with E-state index in [1.54, 1.807) is 24.3 Å². The first-order valence-electron chi connectivity index (χ1n) is 6.97. The van der Waals surface area contributed by atoms with Gasteiger partial charge in [-0.15, -0.1) is 0 Å². The molecule has 21 heavy (non-hydrogen) atoms. The third kappa shape index (κ3) is 3.81. The van der Waals surface area contributed by atoms with Gasteiger partial charge in [-0.2, -0.15) is 4.31 Å². The summed E-state index contributed by atoms with van der Waals surface area (Å²) in [5.41, 5.74) is 6.47. The van der Waals surface area contributed by atoms with E-state index in [0.717, 1.165) is 12.0 Å². The van der Waals surface area contributed by atoms with Gasteiger partial charge in [-0.25, -0.2) is 8.42 Å². The molecule has 2 rings (SSSR count). The van der Waals surface area contributed by atoms with E-state index in [4.69, 9.17) is 5.73 Å². The average molecular weight is 311 g/mol. The number of carbonyl (C=O) groups excluding carboxylic acids is 1. The van der Waals surface area contributed by atoms with Crippen molar-refractivity contribution in [3.8, 4) is 0 Å². The summed E-state index contributed by atoms with van der Waals surface area (Å²) in [6.45, 7) is 3.38. The molecule has 1 atom stereocenters. The minimum atomic E-state index is -3.44. The summed E-state index contributed by atoms with van der Waals surface area (Å²) in [4.78, 5) is 11.1. The Morgan fingerprint density at radius 3 is 2.57 bits per heavy atom. The summed E-state index contributed by atoms with van der Waals surface area (Å²) >= 11 is 0. The van der Waals surface area contributed by atoms with Crippen LogP contribution in [0.15, 0.2) is 29.2 Å². The van der Waals surface area contributed by atoms with E-state index in [-0.39, 0.29) is 16.7 Å². The van der Waals surface area contributed by atoms with Gasteiger partial charge < -0.3 is 11.1 Å². The Bertz CT molecular complexity index is 598. The number of sulfonamides is 1. The summed E-state index contributed by atoms with van der Waals surface area (Å²) in [6, 6.07) is 6.61. The van der Waals surface area contributed by atoms with Gasteiger partial charge in [0.05, 0.1) is 4.90 Å². The molecule has 0 bridgehead atoms. The SMILES string of the molecule is CC(=O)NCc1ccc(S(=O)(=O)N2CCC(CN)C2)cc1. The maximum absolute atomic E-state index is 12.5. The number of nitrogens with zero attached hydrogens (tertiary/aromatic N) is 1. The third-order valence-corrected chi connectivity index (χ3v) is 5.56. The summed E-state index contributed by atoms with van der Waals surface area (Å²) in [5, 5.41) is 2.68. The van der Waals surface area contributed by atoms with Crippen LogP contribution in [0.5, 0.6) is 0 Å². The zero-order valence-corrected chi connectivity index (χ0v) is 12.9. The molecule has 116 valence electrons. The van der Waals surface area contributed by atoms with Crippen LogP contribution < -0.4 is 11.1 Å². The Morgan fingerprint density at radius 2 is 2.05 bits per heavy atom. The van der Waals surface area contributed by atoms with Gasteiger partial charge in [-0.3, -0.25) is 4.79 Å². The molecule has 1 heterocycles. The first-order chi connectivity index (χ1) is 9.93. The molecule has 0 aliphatic carbocycles. The molecule has 0 spiro atoms. The predicted octanol–water partition coefficient (Wildman–Crippen LogP) is 0.292. The maximum atomic E-state index is 12.5. The van der Waals surface area contributed by atoms with Crippen molar-refractivity contribution in [3.05, 3.63) is 29.8 Å². The number of carbonyl (C=O) groups is 1. The van der Waals surface area contributed by atoms with E-state index in [1.807, 2.05) is 0 Å².